The normalized spacial score (nSPS) is 12.5. The molecule has 1 aromatic carbocycles. The SMILES string of the molecule is CSc1ccc(N[C@H](C(=O)O)C(C)C)cc1. The van der Waals surface area contributed by atoms with Crippen LogP contribution in [0.4, 0.5) is 5.69 Å². The Morgan fingerprint density at radius 2 is 1.88 bits per heavy atom. The molecule has 88 valence electrons. The van der Waals surface area contributed by atoms with Crippen molar-refractivity contribution in [3.8, 4) is 0 Å². The molecule has 0 aliphatic heterocycles. The van der Waals surface area contributed by atoms with Crippen LogP contribution in [0, 0.1) is 5.92 Å². The number of rotatable bonds is 5. The van der Waals surface area contributed by atoms with Crippen LogP contribution in [0.5, 0.6) is 0 Å². The molecule has 0 aliphatic rings. The van der Waals surface area contributed by atoms with Crippen molar-refractivity contribution in [3.05, 3.63) is 24.3 Å². The van der Waals surface area contributed by atoms with Crippen molar-refractivity contribution >= 4 is 23.4 Å². The molecule has 0 aromatic heterocycles. The second-order valence-electron chi connectivity index (χ2n) is 3.93. The lowest BCUT2D eigenvalue weighted by atomic mass is 10.0. The third-order valence-electron chi connectivity index (χ3n) is 2.34. The van der Waals surface area contributed by atoms with Gasteiger partial charge in [-0.1, -0.05) is 13.8 Å². The smallest absolute Gasteiger partial charge is 0.326 e. The number of anilines is 1. The highest BCUT2D eigenvalue weighted by molar-refractivity contribution is 7.98. The van der Waals surface area contributed by atoms with E-state index in [-0.39, 0.29) is 5.92 Å². The molecule has 0 unspecified atom stereocenters. The summed E-state index contributed by atoms with van der Waals surface area (Å²) in [5, 5.41) is 12.1. The Bertz CT molecular complexity index is 349. The van der Waals surface area contributed by atoms with Crippen LogP contribution in [-0.4, -0.2) is 23.4 Å². The monoisotopic (exact) mass is 239 g/mol. The van der Waals surface area contributed by atoms with E-state index in [0.717, 1.165) is 5.69 Å². The fourth-order valence-electron chi connectivity index (χ4n) is 1.38. The van der Waals surface area contributed by atoms with Gasteiger partial charge in [0.1, 0.15) is 6.04 Å². The topological polar surface area (TPSA) is 49.3 Å². The van der Waals surface area contributed by atoms with Crippen molar-refractivity contribution in [1.82, 2.24) is 0 Å². The summed E-state index contributed by atoms with van der Waals surface area (Å²) in [4.78, 5) is 12.2. The van der Waals surface area contributed by atoms with Crippen LogP contribution in [0.25, 0.3) is 0 Å². The molecule has 2 N–H and O–H groups in total. The van der Waals surface area contributed by atoms with Gasteiger partial charge in [-0.3, -0.25) is 0 Å². The highest BCUT2D eigenvalue weighted by atomic mass is 32.2. The number of nitrogens with one attached hydrogen (secondary N) is 1. The van der Waals surface area contributed by atoms with E-state index in [1.807, 2.05) is 44.4 Å². The highest BCUT2D eigenvalue weighted by Crippen LogP contribution is 2.19. The molecule has 0 saturated heterocycles. The molecule has 1 rings (SSSR count). The van der Waals surface area contributed by atoms with Crippen LogP contribution in [-0.2, 0) is 4.79 Å². The van der Waals surface area contributed by atoms with Crippen LogP contribution in [0.2, 0.25) is 0 Å². The zero-order valence-corrected chi connectivity index (χ0v) is 10.5. The molecular formula is C12H17NO2S. The number of hydrogen-bond acceptors (Lipinski definition) is 3. The van der Waals surface area contributed by atoms with E-state index in [9.17, 15) is 4.79 Å². The van der Waals surface area contributed by atoms with Gasteiger partial charge in [-0.15, -0.1) is 11.8 Å². The molecule has 1 atom stereocenters. The van der Waals surface area contributed by atoms with Crippen molar-refractivity contribution in [2.24, 2.45) is 5.92 Å². The average Bonchev–Trinajstić information content (AvgIpc) is 2.25. The zero-order valence-electron chi connectivity index (χ0n) is 9.73. The van der Waals surface area contributed by atoms with Crippen molar-refractivity contribution in [1.29, 1.82) is 0 Å². The van der Waals surface area contributed by atoms with Gasteiger partial charge in [0, 0.05) is 10.6 Å². The number of carboxylic acid groups (broad SMARTS) is 1. The number of aliphatic carboxylic acids is 1. The minimum atomic E-state index is -0.816. The first-order valence-electron chi connectivity index (χ1n) is 5.18. The van der Waals surface area contributed by atoms with Gasteiger partial charge in [0.15, 0.2) is 0 Å². The maximum Gasteiger partial charge on any atom is 0.326 e. The van der Waals surface area contributed by atoms with E-state index >= 15 is 0 Å². The van der Waals surface area contributed by atoms with E-state index in [2.05, 4.69) is 5.32 Å². The summed E-state index contributed by atoms with van der Waals surface area (Å²) in [6.07, 6.45) is 2.01. The Kier molecular flexibility index (Phi) is 4.68. The Hall–Kier alpha value is -1.16. The van der Waals surface area contributed by atoms with Gasteiger partial charge in [0.25, 0.3) is 0 Å². The minimum absolute atomic E-state index is 0.0535. The van der Waals surface area contributed by atoms with E-state index in [0.29, 0.717) is 0 Å². The highest BCUT2D eigenvalue weighted by Gasteiger charge is 2.20. The molecule has 0 fully saturated rings. The van der Waals surface area contributed by atoms with Crippen molar-refractivity contribution in [2.45, 2.75) is 24.8 Å². The van der Waals surface area contributed by atoms with Crippen LogP contribution < -0.4 is 5.32 Å². The second kappa shape index (κ2) is 5.80. The predicted molar refractivity (Wildman–Crippen MR) is 68.1 cm³/mol. The molecule has 0 saturated carbocycles. The number of carboxylic acids is 1. The van der Waals surface area contributed by atoms with Crippen LogP contribution in [0.3, 0.4) is 0 Å². The first-order chi connectivity index (χ1) is 7.54. The van der Waals surface area contributed by atoms with E-state index in [1.54, 1.807) is 11.8 Å². The molecular weight excluding hydrogens is 222 g/mol. The maximum absolute atomic E-state index is 11.0. The fourth-order valence-corrected chi connectivity index (χ4v) is 1.79. The van der Waals surface area contributed by atoms with Gasteiger partial charge >= 0.3 is 5.97 Å². The van der Waals surface area contributed by atoms with Gasteiger partial charge in [-0.25, -0.2) is 4.79 Å². The largest absolute Gasteiger partial charge is 0.480 e. The van der Waals surface area contributed by atoms with Gasteiger partial charge in [0.2, 0.25) is 0 Å². The second-order valence-corrected chi connectivity index (χ2v) is 4.81. The first-order valence-corrected chi connectivity index (χ1v) is 6.40. The molecule has 0 heterocycles. The lowest BCUT2D eigenvalue weighted by Crippen LogP contribution is -2.34. The van der Waals surface area contributed by atoms with Crippen molar-refractivity contribution in [3.63, 3.8) is 0 Å². The van der Waals surface area contributed by atoms with E-state index < -0.39 is 12.0 Å². The minimum Gasteiger partial charge on any atom is -0.480 e. The Morgan fingerprint density at radius 3 is 2.25 bits per heavy atom. The zero-order chi connectivity index (χ0) is 12.1. The quantitative estimate of drug-likeness (QED) is 0.776. The first kappa shape index (κ1) is 12.9. The molecule has 0 bridgehead atoms. The van der Waals surface area contributed by atoms with Gasteiger partial charge < -0.3 is 10.4 Å². The Balaban J connectivity index is 2.74. The molecule has 0 spiro atoms. The summed E-state index contributed by atoms with van der Waals surface area (Å²) in [6.45, 7) is 3.78. The summed E-state index contributed by atoms with van der Waals surface area (Å²) < 4.78 is 0. The molecule has 0 amide bonds. The number of thioether (sulfide) groups is 1. The summed E-state index contributed by atoms with van der Waals surface area (Å²) in [7, 11) is 0. The third kappa shape index (κ3) is 3.45. The van der Waals surface area contributed by atoms with Crippen molar-refractivity contribution in [2.75, 3.05) is 11.6 Å². The fraction of sp³-hybridized carbons (Fsp3) is 0.417. The standard InChI is InChI=1S/C12H17NO2S/c1-8(2)11(12(14)15)13-9-4-6-10(16-3)7-5-9/h4-8,11,13H,1-3H3,(H,14,15)/t11-/m0/s1. The van der Waals surface area contributed by atoms with E-state index in [1.165, 1.54) is 4.90 Å². The van der Waals surface area contributed by atoms with Gasteiger partial charge in [-0.2, -0.15) is 0 Å². The average molecular weight is 239 g/mol. The number of benzene rings is 1. The summed E-state index contributed by atoms with van der Waals surface area (Å²) in [6, 6.07) is 7.23. The van der Waals surface area contributed by atoms with Crippen LogP contribution >= 0.6 is 11.8 Å². The number of hydrogen-bond donors (Lipinski definition) is 2. The summed E-state index contributed by atoms with van der Waals surface area (Å²) in [5.41, 5.74) is 0.846. The predicted octanol–water partition coefficient (Wildman–Crippen LogP) is 2.93. The molecule has 16 heavy (non-hydrogen) atoms. The Morgan fingerprint density at radius 1 is 1.31 bits per heavy atom. The molecule has 3 nitrogen and oxygen atoms in total. The summed E-state index contributed by atoms with van der Waals surface area (Å²) >= 11 is 1.66. The molecule has 4 heteroatoms. The molecule has 1 aromatic rings. The van der Waals surface area contributed by atoms with Gasteiger partial charge in [0.05, 0.1) is 0 Å². The van der Waals surface area contributed by atoms with E-state index in [4.69, 9.17) is 5.11 Å². The van der Waals surface area contributed by atoms with Crippen LogP contribution in [0.1, 0.15) is 13.8 Å². The lowest BCUT2D eigenvalue weighted by Gasteiger charge is -2.19. The maximum atomic E-state index is 11.0. The molecule has 0 aliphatic carbocycles. The van der Waals surface area contributed by atoms with Gasteiger partial charge in [-0.05, 0) is 36.4 Å². The third-order valence-corrected chi connectivity index (χ3v) is 3.09. The number of carbonyl (C=O) groups is 1. The molecule has 0 radical (unpaired) electrons. The van der Waals surface area contributed by atoms with Crippen LogP contribution in [0.15, 0.2) is 29.2 Å². The lowest BCUT2D eigenvalue weighted by molar-refractivity contribution is -0.138. The Labute approximate surface area is 100 Å². The summed E-state index contributed by atoms with van der Waals surface area (Å²) in [5.74, 6) is -0.762. The van der Waals surface area contributed by atoms with Crippen molar-refractivity contribution < 1.29 is 9.90 Å².